The third kappa shape index (κ3) is 4.06. The summed E-state index contributed by atoms with van der Waals surface area (Å²) >= 11 is 1.45. The van der Waals surface area contributed by atoms with Crippen molar-refractivity contribution in [1.82, 2.24) is 19.9 Å². The van der Waals surface area contributed by atoms with Crippen molar-refractivity contribution in [2.24, 2.45) is 0 Å². The highest BCUT2D eigenvalue weighted by Crippen LogP contribution is 2.15. The zero-order chi connectivity index (χ0) is 18.5. The first kappa shape index (κ1) is 17.4. The Bertz CT molecular complexity index is 1020. The number of nitrogens with zero attached hydrogens (tertiary/aromatic N) is 3. The molecule has 0 unspecified atom stereocenters. The number of hydrogen-bond donors (Lipinski definition) is 1. The molecule has 1 aromatic carbocycles. The fourth-order valence-corrected chi connectivity index (χ4v) is 3.75. The number of carbonyl (C=O) groups is 1. The van der Waals surface area contributed by atoms with Gasteiger partial charge in [-0.05, 0) is 35.6 Å². The molecule has 0 saturated carbocycles. The van der Waals surface area contributed by atoms with Crippen molar-refractivity contribution in [2.45, 2.75) is 19.4 Å². The lowest BCUT2D eigenvalue weighted by Crippen LogP contribution is -2.27. The fraction of sp³-hybridized carbons (Fsp3) is 0.190. The average molecular weight is 376 g/mol. The molecule has 0 spiro atoms. The summed E-state index contributed by atoms with van der Waals surface area (Å²) in [5.74, 6) is 0.964. The summed E-state index contributed by atoms with van der Waals surface area (Å²) < 4.78 is 2.12. The molecule has 1 N–H and O–H groups in total. The Morgan fingerprint density at radius 2 is 1.93 bits per heavy atom. The van der Waals surface area contributed by atoms with Gasteiger partial charge in [0.1, 0.15) is 11.3 Å². The number of carbonyl (C=O) groups excluding carboxylic acids is 1. The van der Waals surface area contributed by atoms with Crippen molar-refractivity contribution >= 4 is 28.4 Å². The van der Waals surface area contributed by atoms with Gasteiger partial charge in [-0.2, -0.15) is 0 Å². The van der Waals surface area contributed by atoms with E-state index in [4.69, 9.17) is 4.98 Å². The minimum Gasteiger partial charge on any atom is -0.350 e. The number of rotatable bonds is 7. The molecule has 136 valence electrons. The van der Waals surface area contributed by atoms with Crippen LogP contribution in [0.5, 0.6) is 0 Å². The summed E-state index contributed by atoms with van der Waals surface area (Å²) in [5.41, 5.74) is 3.05. The van der Waals surface area contributed by atoms with E-state index >= 15 is 0 Å². The van der Waals surface area contributed by atoms with E-state index < -0.39 is 0 Å². The molecule has 0 aliphatic heterocycles. The van der Waals surface area contributed by atoms with E-state index in [0.717, 1.165) is 34.7 Å². The van der Waals surface area contributed by atoms with Crippen LogP contribution >= 0.6 is 11.3 Å². The Morgan fingerprint density at radius 3 is 2.74 bits per heavy atom. The molecule has 5 nitrogen and oxygen atoms in total. The molecule has 3 heterocycles. The van der Waals surface area contributed by atoms with E-state index in [0.29, 0.717) is 13.1 Å². The van der Waals surface area contributed by atoms with Gasteiger partial charge in [0.05, 0.1) is 4.88 Å². The third-order valence-corrected chi connectivity index (χ3v) is 5.30. The van der Waals surface area contributed by atoms with Gasteiger partial charge in [-0.15, -0.1) is 11.3 Å². The number of benzene rings is 1. The van der Waals surface area contributed by atoms with Gasteiger partial charge in [0.25, 0.3) is 5.91 Å². The van der Waals surface area contributed by atoms with E-state index in [1.807, 2.05) is 35.7 Å². The number of fused-ring (bicyclic) bond motifs is 1. The first-order valence-electron chi connectivity index (χ1n) is 8.97. The van der Waals surface area contributed by atoms with Crippen LogP contribution < -0.4 is 5.32 Å². The predicted octanol–water partition coefficient (Wildman–Crippen LogP) is 3.71. The maximum Gasteiger partial charge on any atom is 0.261 e. The first-order chi connectivity index (χ1) is 13.3. The molecule has 0 aliphatic rings. The van der Waals surface area contributed by atoms with Crippen LogP contribution in [0.4, 0.5) is 0 Å². The molecule has 4 rings (SSSR count). The Balaban J connectivity index is 1.48. The second-order valence-corrected chi connectivity index (χ2v) is 7.19. The molecule has 0 aliphatic carbocycles. The Hall–Kier alpha value is -2.99. The van der Waals surface area contributed by atoms with Gasteiger partial charge in [0.2, 0.25) is 0 Å². The Labute approximate surface area is 161 Å². The molecule has 0 atom stereocenters. The van der Waals surface area contributed by atoms with Crippen LogP contribution in [0.2, 0.25) is 0 Å². The number of amides is 1. The summed E-state index contributed by atoms with van der Waals surface area (Å²) in [7, 11) is 0. The smallest absolute Gasteiger partial charge is 0.261 e. The predicted molar refractivity (Wildman–Crippen MR) is 108 cm³/mol. The molecule has 1 amide bonds. The Kier molecular flexibility index (Phi) is 5.25. The van der Waals surface area contributed by atoms with Crippen molar-refractivity contribution < 1.29 is 4.79 Å². The van der Waals surface area contributed by atoms with Gasteiger partial charge in [-0.25, -0.2) is 9.97 Å². The second-order valence-electron chi connectivity index (χ2n) is 6.24. The number of imidazole rings is 1. The summed E-state index contributed by atoms with van der Waals surface area (Å²) in [6.45, 7) is 1.19. The zero-order valence-corrected chi connectivity index (χ0v) is 15.7. The van der Waals surface area contributed by atoms with Crippen LogP contribution in [0.3, 0.4) is 0 Å². The average Bonchev–Trinajstić information content (AvgIpc) is 3.36. The molecule has 3 aromatic heterocycles. The van der Waals surface area contributed by atoms with E-state index in [2.05, 4.69) is 39.1 Å². The minimum atomic E-state index is -0.0341. The van der Waals surface area contributed by atoms with Crippen LogP contribution in [0, 0.1) is 0 Å². The molecule has 0 radical (unpaired) electrons. The van der Waals surface area contributed by atoms with Crippen LogP contribution in [0.25, 0.3) is 11.2 Å². The van der Waals surface area contributed by atoms with Crippen LogP contribution in [0.15, 0.2) is 66.2 Å². The number of nitrogens with one attached hydrogen (secondary N) is 1. The van der Waals surface area contributed by atoms with Crippen LogP contribution in [-0.4, -0.2) is 27.0 Å². The number of aromatic nitrogens is 3. The van der Waals surface area contributed by atoms with Crippen molar-refractivity contribution in [3.05, 3.63) is 82.4 Å². The monoisotopic (exact) mass is 376 g/mol. The highest BCUT2D eigenvalue weighted by molar-refractivity contribution is 7.12. The van der Waals surface area contributed by atoms with Gasteiger partial charge in [-0.1, -0.05) is 36.4 Å². The number of pyridine rings is 1. The van der Waals surface area contributed by atoms with Crippen LogP contribution in [-0.2, 0) is 19.4 Å². The molecule has 4 aromatic rings. The second kappa shape index (κ2) is 8.14. The lowest BCUT2D eigenvalue weighted by atomic mass is 10.1. The van der Waals surface area contributed by atoms with E-state index in [1.54, 1.807) is 6.20 Å². The normalized spacial score (nSPS) is 11.0. The van der Waals surface area contributed by atoms with E-state index in [1.165, 1.54) is 16.9 Å². The molecular weight excluding hydrogens is 356 g/mol. The summed E-state index contributed by atoms with van der Waals surface area (Å²) in [6.07, 6.45) is 3.54. The SMILES string of the molecule is O=C(NCCn1c(CCc2ccccc2)nc2cccnc21)c1cccs1. The molecular formula is C21H20N4OS. The minimum absolute atomic E-state index is 0.0341. The first-order valence-corrected chi connectivity index (χ1v) is 9.85. The summed E-state index contributed by atoms with van der Waals surface area (Å²) in [5, 5.41) is 4.89. The van der Waals surface area contributed by atoms with Crippen LogP contribution in [0.1, 0.15) is 21.1 Å². The topological polar surface area (TPSA) is 59.8 Å². The third-order valence-electron chi connectivity index (χ3n) is 4.43. The highest BCUT2D eigenvalue weighted by Gasteiger charge is 2.12. The highest BCUT2D eigenvalue weighted by atomic mass is 32.1. The molecule has 0 saturated heterocycles. The van der Waals surface area contributed by atoms with Gasteiger partial charge in [0, 0.05) is 25.7 Å². The Morgan fingerprint density at radius 1 is 1.04 bits per heavy atom. The maximum atomic E-state index is 12.2. The molecule has 6 heteroatoms. The summed E-state index contributed by atoms with van der Waals surface area (Å²) in [6, 6.07) is 18.0. The molecule has 0 fully saturated rings. The van der Waals surface area contributed by atoms with Crippen molar-refractivity contribution in [3.63, 3.8) is 0 Å². The molecule has 0 bridgehead atoms. The maximum absolute atomic E-state index is 12.2. The molecule has 27 heavy (non-hydrogen) atoms. The lowest BCUT2D eigenvalue weighted by Gasteiger charge is -2.10. The van der Waals surface area contributed by atoms with E-state index in [-0.39, 0.29) is 5.91 Å². The number of hydrogen-bond acceptors (Lipinski definition) is 4. The van der Waals surface area contributed by atoms with Gasteiger partial charge in [-0.3, -0.25) is 4.79 Å². The lowest BCUT2D eigenvalue weighted by molar-refractivity contribution is 0.0956. The summed E-state index contributed by atoms with van der Waals surface area (Å²) in [4.78, 5) is 22.1. The van der Waals surface area contributed by atoms with Crippen molar-refractivity contribution in [2.75, 3.05) is 6.54 Å². The van der Waals surface area contributed by atoms with Crippen molar-refractivity contribution in [3.8, 4) is 0 Å². The van der Waals surface area contributed by atoms with Gasteiger partial charge >= 0.3 is 0 Å². The van der Waals surface area contributed by atoms with Crippen molar-refractivity contribution in [1.29, 1.82) is 0 Å². The van der Waals surface area contributed by atoms with Gasteiger partial charge in [0.15, 0.2) is 5.65 Å². The zero-order valence-electron chi connectivity index (χ0n) is 14.8. The standard InChI is InChI=1S/C21H20N4OS/c26-21(18-9-5-15-27-18)23-13-14-25-19(11-10-16-6-2-1-3-7-16)24-17-8-4-12-22-20(17)25/h1-9,12,15H,10-11,13-14H2,(H,23,26). The van der Waals surface area contributed by atoms with Gasteiger partial charge < -0.3 is 9.88 Å². The fourth-order valence-electron chi connectivity index (χ4n) is 3.11. The quantitative estimate of drug-likeness (QED) is 0.535. The number of aryl methyl sites for hydroxylation is 2. The number of thiophene rings is 1. The van der Waals surface area contributed by atoms with E-state index in [9.17, 15) is 4.79 Å². The largest absolute Gasteiger partial charge is 0.350 e.